The molecule has 0 spiro atoms. The third-order valence-corrected chi connectivity index (χ3v) is 4.41. The van der Waals surface area contributed by atoms with Crippen molar-refractivity contribution in [3.63, 3.8) is 0 Å². The summed E-state index contributed by atoms with van der Waals surface area (Å²) in [5, 5.41) is 6.91. The van der Waals surface area contributed by atoms with Crippen LogP contribution in [-0.2, 0) is 13.1 Å². The first kappa shape index (κ1) is 16.6. The van der Waals surface area contributed by atoms with Gasteiger partial charge >= 0.3 is 0 Å². The molecule has 1 heterocycles. The number of hydrogen-bond acceptors (Lipinski definition) is 2. The minimum Gasteiger partial charge on any atom is -0.357 e. The Morgan fingerprint density at radius 1 is 1.21 bits per heavy atom. The molecule has 5 heteroatoms. The van der Waals surface area contributed by atoms with Crippen LogP contribution in [0.2, 0.25) is 0 Å². The van der Waals surface area contributed by atoms with Crippen LogP contribution in [0.1, 0.15) is 43.7 Å². The smallest absolute Gasteiger partial charge is 0.191 e. The van der Waals surface area contributed by atoms with E-state index in [4.69, 9.17) is 4.99 Å². The zero-order valence-corrected chi connectivity index (χ0v) is 14.4. The number of rotatable bonds is 6. The number of benzene rings is 1. The number of aliphatic imine (C=N–C) groups is 1. The fraction of sp³-hybridized carbons (Fsp3) is 0.474. The van der Waals surface area contributed by atoms with Gasteiger partial charge in [0.05, 0.1) is 12.9 Å². The van der Waals surface area contributed by atoms with E-state index in [-0.39, 0.29) is 0 Å². The largest absolute Gasteiger partial charge is 0.357 e. The van der Waals surface area contributed by atoms with Gasteiger partial charge in [-0.05, 0) is 30.9 Å². The van der Waals surface area contributed by atoms with E-state index in [1.807, 2.05) is 18.7 Å². The Kier molecular flexibility index (Phi) is 5.88. The lowest BCUT2D eigenvalue weighted by Gasteiger charge is -2.16. The fourth-order valence-electron chi connectivity index (χ4n) is 3.10. The summed E-state index contributed by atoms with van der Waals surface area (Å²) in [6, 6.07) is 9.24. The van der Waals surface area contributed by atoms with Crippen LogP contribution >= 0.6 is 0 Å². The van der Waals surface area contributed by atoms with Crippen molar-refractivity contribution in [2.45, 2.75) is 51.7 Å². The molecule has 0 aliphatic heterocycles. The number of nitrogens with zero attached hydrogens (tertiary/aromatic N) is 3. The molecule has 0 unspecified atom stereocenters. The lowest BCUT2D eigenvalue weighted by atomic mass is 10.1. The van der Waals surface area contributed by atoms with Gasteiger partial charge in [0, 0.05) is 31.5 Å². The van der Waals surface area contributed by atoms with Crippen molar-refractivity contribution < 1.29 is 0 Å². The van der Waals surface area contributed by atoms with Crippen LogP contribution < -0.4 is 10.6 Å². The van der Waals surface area contributed by atoms with E-state index in [0.717, 1.165) is 19.0 Å². The van der Waals surface area contributed by atoms with Crippen molar-refractivity contribution in [2.24, 2.45) is 4.99 Å². The topological polar surface area (TPSA) is 54.2 Å². The van der Waals surface area contributed by atoms with Crippen molar-refractivity contribution in [3.8, 4) is 0 Å². The highest BCUT2D eigenvalue weighted by atomic mass is 15.2. The molecule has 0 atom stereocenters. The minimum absolute atomic E-state index is 0.584. The number of guanidine groups is 1. The standard InChI is InChI=1S/C19H27N5/c1-2-21-19(23-18-5-3-4-6-18)22-13-16-7-9-17(10-8-16)14-24-12-11-20-15-24/h7-12,15,18H,2-6,13-14H2,1H3,(H2,21,22,23). The summed E-state index contributed by atoms with van der Waals surface area (Å²) in [5.41, 5.74) is 2.50. The number of hydrogen-bond donors (Lipinski definition) is 2. The highest BCUT2D eigenvalue weighted by molar-refractivity contribution is 5.80. The molecule has 3 rings (SSSR count). The molecular weight excluding hydrogens is 298 g/mol. The second-order valence-corrected chi connectivity index (χ2v) is 6.37. The Morgan fingerprint density at radius 2 is 1.96 bits per heavy atom. The van der Waals surface area contributed by atoms with Crippen LogP contribution in [0.25, 0.3) is 0 Å². The average Bonchev–Trinajstić information content (AvgIpc) is 3.28. The van der Waals surface area contributed by atoms with Gasteiger partial charge in [-0.3, -0.25) is 0 Å². The van der Waals surface area contributed by atoms with Gasteiger partial charge in [0.15, 0.2) is 5.96 Å². The van der Waals surface area contributed by atoms with E-state index in [1.165, 1.54) is 36.8 Å². The van der Waals surface area contributed by atoms with Crippen molar-refractivity contribution in [1.82, 2.24) is 20.2 Å². The average molecular weight is 325 g/mol. The maximum absolute atomic E-state index is 4.73. The SMILES string of the molecule is CCNC(=NCc1ccc(Cn2ccnc2)cc1)NC1CCCC1. The number of nitrogens with one attached hydrogen (secondary N) is 2. The lowest BCUT2D eigenvalue weighted by molar-refractivity contribution is 0.614. The number of imidazole rings is 1. The maximum atomic E-state index is 4.73. The second-order valence-electron chi connectivity index (χ2n) is 6.37. The van der Waals surface area contributed by atoms with Gasteiger partial charge in [-0.15, -0.1) is 0 Å². The molecule has 0 bridgehead atoms. The zero-order chi connectivity index (χ0) is 16.6. The summed E-state index contributed by atoms with van der Waals surface area (Å²) in [4.78, 5) is 8.81. The van der Waals surface area contributed by atoms with E-state index >= 15 is 0 Å². The van der Waals surface area contributed by atoms with Gasteiger partial charge < -0.3 is 15.2 Å². The van der Waals surface area contributed by atoms with Gasteiger partial charge in [0.1, 0.15) is 0 Å². The monoisotopic (exact) mass is 325 g/mol. The normalized spacial score (nSPS) is 15.6. The van der Waals surface area contributed by atoms with E-state index in [9.17, 15) is 0 Å². The molecule has 1 aromatic heterocycles. The second kappa shape index (κ2) is 8.52. The minimum atomic E-state index is 0.584. The number of aromatic nitrogens is 2. The molecule has 0 amide bonds. The highest BCUT2D eigenvalue weighted by Crippen LogP contribution is 2.17. The molecule has 1 aromatic carbocycles. The zero-order valence-electron chi connectivity index (χ0n) is 14.4. The molecule has 2 N–H and O–H groups in total. The van der Waals surface area contributed by atoms with Gasteiger partial charge in [0.25, 0.3) is 0 Å². The molecule has 0 saturated heterocycles. The molecule has 1 aliphatic carbocycles. The summed E-state index contributed by atoms with van der Waals surface area (Å²) in [7, 11) is 0. The quantitative estimate of drug-likeness (QED) is 0.634. The molecule has 1 fully saturated rings. The van der Waals surface area contributed by atoms with E-state index in [0.29, 0.717) is 12.6 Å². The van der Waals surface area contributed by atoms with Crippen molar-refractivity contribution >= 4 is 5.96 Å². The van der Waals surface area contributed by atoms with Crippen molar-refractivity contribution in [3.05, 3.63) is 54.1 Å². The van der Waals surface area contributed by atoms with E-state index < -0.39 is 0 Å². The highest BCUT2D eigenvalue weighted by Gasteiger charge is 2.15. The third kappa shape index (κ3) is 4.85. The fourth-order valence-corrected chi connectivity index (χ4v) is 3.10. The third-order valence-electron chi connectivity index (χ3n) is 4.41. The summed E-state index contributed by atoms with van der Waals surface area (Å²) < 4.78 is 2.07. The Labute approximate surface area is 144 Å². The van der Waals surface area contributed by atoms with E-state index in [2.05, 4.69) is 51.4 Å². The first-order valence-corrected chi connectivity index (χ1v) is 8.92. The van der Waals surface area contributed by atoms with Crippen molar-refractivity contribution in [1.29, 1.82) is 0 Å². The van der Waals surface area contributed by atoms with Crippen LogP contribution in [0.4, 0.5) is 0 Å². The maximum Gasteiger partial charge on any atom is 0.191 e. The van der Waals surface area contributed by atoms with E-state index in [1.54, 1.807) is 0 Å². The van der Waals surface area contributed by atoms with Crippen LogP contribution in [0.5, 0.6) is 0 Å². The first-order chi connectivity index (χ1) is 11.8. The van der Waals surface area contributed by atoms with Gasteiger partial charge in [-0.2, -0.15) is 0 Å². The Bertz CT molecular complexity index is 624. The van der Waals surface area contributed by atoms with Gasteiger partial charge in [-0.25, -0.2) is 9.98 Å². The molecule has 0 radical (unpaired) electrons. The predicted octanol–water partition coefficient (Wildman–Crippen LogP) is 2.93. The Morgan fingerprint density at radius 3 is 2.62 bits per heavy atom. The van der Waals surface area contributed by atoms with Crippen LogP contribution in [0, 0.1) is 0 Å². The summed E-state index contributed by atoms with van der Waals surface area (Å²) >= 11 is 0. The summed E-state index contributed by atoms with van der Waals surface area (Å²) in [5.74, 6) is 0.937. The summed E-state index contributed by atoms with van der Waals surface area (Å²) in [6.45, 7) is 4.56. The molecule has 5 nitrogen and oxygen atoms in total. The van der Waals surface area contributed by atoms with Gasteiger partial charge in [-0.1, -0.05) is 37.1 Å². The summed E-state index contributed by atoms with van der Waals surface area (Å²) in [6.07, 6.45) is 10.8. The molecule has 2 aromatic rings. The van der Waals surface area contributed by atoms with Crippen LogP contribution in [-0.4, -0.2) is 28.1 Å². The predicted molar refractivity (Wildman–Crippen MR) is 98.0 cm³/mol. The molecule has 1 aliphatic rings. The molecule has 128 valence electrons. The van der Waals surface area contributed by atoms with Crippen molar-refractivity contribution in [2.75, 3.05) is 6.54 Å². The Hall–Kier alpha value is -2.30. The molecule has 24 heavy (non-hydrogen) atoms. The first-order valence-electron chi connectivity index (χ1n) is 8.92. The van der Waals surface area contributed by atoms with Gasteiger partial charge in [0.2, 0.25) is 0 Å². The molecular formula is C19H27N5. The Balaban J connectivity index is 1.56. The molecule has 1 saturated carbocycles. The van der Waals surface area contributed by atoms with Crippen LogP contribution in [0.15, 0.2) is 48.0 Å². The lowest BCUT2D eigenvalue weighted by Crippen LogP contribution is -2.42. The van der Waals surface area contributed by atoms with Crippen LogP contribution in [0.3, 0.4) is 0 Å².